The summed E-state index contributed by atoms with van der Waals surface area (Å²) in [7, 11) is 0. The van der Waals surface area contributed by atoms with Crippen molar-refractivity contribution in [1.82, 2.24) is 10.3 Å². The van der Waals surface area contributed by atoms with Gasteiger partial charge in [0.1, 0.15) is 0 Å². The van der Waals surface area contributed by atoms with E-state index < -0.39 is 4.92 Å². The fraction of sp³-hybridized carbons (Fsp3) is 0.143. The molecule has 20 heavy (non-hydrogen) atoms. The Hall–Kier alpha value is -2.76. The Morgan fingerprint density at radius 3 is 2.35 bits per heavy atom. The Kier molecular flexibility index (Phi) is 4.05. The van der Waals surface area contributed by atoms with Gasteiger partial charge in [0.15, 0.2) is 0 Å². The molecule has 0 bridgehead atoms. The maximum absolute atomic E-state index is 12.0. The molecule has 0 aliphatic rings. The third kappa shape index (κ3) is 3.17. The highest BCUT2D eigenvalue weighted by molar-refractivity contribution is 5.94. The second kappa shape index (κ2) is 5.92. The van der Waals surface area contributed by atoms with Crippen molar-refractivity contribution in [2.75, 3.05) is 0 Å². The molecule has 102 valence electrons. The highest BCUT2D eigenvalue weighted by atomic mass is 16.6. The van der Waals surface area contributed by atoms with Crippen molar-refractivity contribution in [3.8, 4) is 0 Å². The molecule has 0 aliphatic heterocycles. The van der Waals surface area contributed by atoms with Crippen LogP contribution in [-0.2, 0) is 0 Å². The molecular formula is C14H13N3O3. The number of nitro benzene ring substituents is 1. The summed E-state index contributed by atoms with van der Waals surface area (Å²) in [5, 5.41) is 13.4. The monoisotopic (exact) mass is 271 g/mol. The molecule has 0 aliphatic carbocycles. The maximum atomic E-state index is 12.0. The molecule has 2 aromatic rings. The van der Waals surface area contributed by atoms with Gasteiger partial charge in [-0.25, -0.2) is 0 Å². The van der Waals surface area contributed by atoms with E-state index >= 15 is 0 Å². The van der Waals surface area contributed by atoms with Crippen LogP contribution in [-0.4, -0.2) is 15.8 Å². The van der Waals surface area contributed by atoms with Gasteiger partial charge in [0.25, 0.3) is 11.6 Å². The SMILES string of the molecule is CC(NC(=O)c1ccc([N+](=O)[O-])cc1)c1ccncc1. The third-order valence-electron chi connectivity index (χ3n) is 2.89. The molecule has 1 amide bonds. The summed E-state index contributed by atoms with van der Waals surface area (Å²) in [4.78, 5) is 26.0. The number of non-ortho nitro benzene ring substituents is 1. The molecule has 0 fully saturated rings. The fourth-order valence-corrected chi connectivity index (χ4v) is 1.75. The first-order chi connectivity index (χ1) is 9.58. The maximum Gasteiger partial charge on any atom is 0.269 e. The molecule has 1 heterocycles. The average Bonchev–Trinajstić information content (AvgIpc) is 2.48. The molecule has 1 aromatic carbocycles. The normalized spacial score (nSPS) is 11.7. The minimum atomic E-state index is -0.499. The number of pyridine rings is 1. The molecule has 1 aromatic heterocycles. The molecule has 0 spiro atoms. The Morgan fingerprint density at radius 1 is 1.20 bits per heavy atom. The van der Waals surface area contributed by atoms with E-state index in [-0.39, 0.29) is 17.6 Å². The third-order valence-corrected chi connectivity index (χ3v) is 2.89. The lowest BCUT2D eigenvalue weighted by Gasteiger charge is -2.13. The van der Waals surface area contributed by atoms with E-state index in [0.717, 1.165) is 5.56 Å². The van der Waals surface area contributed by atoms with Crippen molar-refractivity contribution in [2.24, 2.45) is 0 Å². The minimum Gasteiger partial charge on any atom is -0.346 e. The number of nitrogens with zero attached hydrogens (tertiary/aromatic N) is 2. The second-order valence-corrected chi connectivity index (χ2v) is 4.28. The summed E-state index contributed by atoms with van der Waals surface area (Å²) >= 11 is 0. The Morgan fingerprint density at radius 2 is 1.80 bits per heavy atom. The Labute approximate surface area is 115 Å². The van der Waals surface area contributed by atoms with Crippen molar-refractivity contribution in [2.45, 2.75) is 13.0 Å². The topological polar surface area (TPSA) is 85.1 Å². The molecule has 2 rings (SSSR count). The van der Waals surface area contributed by atoms with Gasteiger partial charge in [-0.05, 0) is 36.8 Å². The summed E-state index contributed by atoms with van der Waals surface area (Å²) in [6, 6.07) is 8.97. The quantitative estimate of drug-likeness (QED) is 0.683. The van der Waals surface area contributed by atoms with Crippen molar-refractivity contribution in [3.05, 3.63) is 70.0 Å². The van der Waals surface area contributed by atoms with Gasteiger partial charge in [-0.15, -0.1) is 0 Å². The summed E-state index contributed by atoms with van der Waals surface area (Å²) in [6.45, 7) is 1.86. The fourth-order valence-electron chi connectivity index (χ4n) is 1.75. The second-order valence-electron chi connectivity index (χ2n) is 4.28. The van der Waals surface area contributed by atoms with E-state index in [1.807, 2.05) is 19.1 Å². The zero-order chi connectivity index (χ0) is 14.5. The predicted molar refractivity (Wildman–Crippen MR) is 73.2 cm³/mol. The largest absolute Gasteiger partial charge is 0.346 e. The molecular weight excluding hydrogens is 258 g/mol. The molecule has 0 saturated carbocycles. The summed E-state index contributed by atoms with van der Waals surface area (Å²) < 4.78 is 0. The number of rotatable bonds is 4. The van der Waals surface area contributed by atoms with Crippen molar-refractivity contribution >= 4 is 11.6 Å². The van der Waals surface area contributed by atoms with Crippen LogP contribution in [0.25, 0.3) is 0 Å². The van der Waals surface area contributed by atoms with Crippen LogP contribution in [0.2, 0.25) is 0 Å². The van der Waals surface area contributed by atoms with Crippen molar-refractivity contribution in [1.29, 1.82) is 0 Å². The van der Waals surface area contributed by atoms with E-state index in [1.54, 1.807) is 12.4 Å². The van der Waals surface area contributed by atoms with Crippen LogP contribution in [0.3, 0.4) is 0 Å². The summed E-state index contributed by atoms with van der Waals surface area (Å²) in [6.07, 6.45) is 3.31. The van der Waals surface area contributed by atoms with E-state index in [1.165, 1.54) is 24.3 Å². The first kappa shape index (κ1) is 13.7. The Balaban J connectivity index is 2.06. The smallest absolute Gasteiger partial charge is 0.269 e. The Bertz CT molecular complexity index is 611. The van der Waals surface area contributed by atoms with E-state index in [9.17, 15) is 14.9 Å². The summed E-state index contributed by atoms with van der Waals surface area (Å²) in [5.74, 6) is -0.274. The number of benzene rings is 1. The molecule has 1 atom stereocenters. The molecule has 1 unspecified atom stereocenters. The first-order valence-corrected chi connectivity index (χ1v) is 6.03. The van der Waals surface area contributed by atoms with Crippen LogP contribution >= 0.6 is 0 Å². The van der Waals surface area contributed by atoms with Crippen molar-refractivity contribution in [3.63, 3.8) is 0 Å². The number of hydrogen-bond acceptors (Lipinski definition) is 4. The minimum absolute atomic E-state index is 0.0382. The van der Waals surface area contributed by atoms with Gasteiger partial charge in [-0.2, -0.15) is 0 Å². The van der Waals surface area contributed by atoms with Gasteiger partial charge in [-0.3, -0.25) is 19.9 Å². The van der Waals surface area contributed by atoms with Crippen molar-refractivity contribution < 1.29 is 9.72 Å². The van der Waals surface area contributed by atoms with Crippen LogP contribution in [0, 0.1) is 10.1 Å². The number of aromatic nitrogens is 1. The number of amides is 1. The molecule has 1 N–H and O–H groups in total. The highest BCUT2D eigenvalue weighted by Crippen LogP contribution is 2.14. The predicted octanol–water partition coefficient (Wildman–Crippen LogP) is 2.48. The van der Waals surface area contributed by atoms with Crippen LogP contribution in [0.1, 0.15) is 28.9 Å². The summed E-state index contributed by atoms with van der Waals surface area (Å²) in [5.41, 5.74) is 1.29. The number of hydrogen-bond donors (Lipinski definition) is 1. The van der Waals surface area contributed by atoms with Gasteiger partial charge in [0.05, 0.1) is 11.0 Å². The molecule has 0 saturated heterocycles. The van der Waals surface area contributed by atoms with Gasteiger partial charge in [-0.1, -0.05) is 0 Å². The van der Waals surface area contributed by atoms with E-state index in [2.05, 4.69) is 10.3 Å². The zero-order valence-corrected chi connectivity index (χ0v) is 10.8. The van der Waals surface area contributed by atoms with Gasteiger partial charge in [0.2, 0.25) is 0 Å². The number of nitro groups is 1. The molecule has 0 radical (unpaired) electrons. The van der Waals surface area contributed by atoms with Crippen LogP contribution < -0.4 is 5.32 Å². The standard InChI is InChI=1S/C14H13N3O3/c1-10(11-6-8-15-9-7-11)16-14(18)12-2-4-13(5-3-12)17(19)20/h2-10H,1H3,(H,16,18). The van der Waals surface area contributed by atoms with Gasteiger partial charge < -0.3 is 5.32 Å². The highest BCUT2D eigenvalue weighted by Gasteiger charge is 2.12. The zero-order valence-electron chi connectivity index (χ0n) is 10.8. The molecule has 6 heteroatoms. The average molecular weight is 271 g/mol. The number of nitrogens with one attached hydrogen (secondary N) is 1. The first-order valence-electron chi connectivity index (χ1n) is 6.03. The number of carbonyl (C=O) groups is 1. The molecule has 6 nitrogen and oxygen atoms in total. The lowest BCUT2D eigenvalue weighted by Crippen LogP contribution is -2.26. The lowest BCUT2D eigenvalue weighted by molar-refractivity contribution is -0.384. The number of carbonyl (C=O) groups excluding carboxylic acids is 1. The van der Waals surface area contributed by atoms with E-state index in [0.29, 0.717) is 5.56 Å². The van der Waals surface area contributed by atoms with Crippen LogP contribution in [0.5, 0.6) is 0 Å². The lowest BCUT2D eigenvalue weighted by atomic mass is 10.1. The van der Waals surface area contributed by atoms with Gasteiger partial charge >= 0.3 is 0 Å². The van der Waals surface area contributed by atoms with Crippen LogP contribution in [0.15, 0.2) is 48.8 Å². The van der Waals surface area contributed by atoms with Crippen LogP contribution in [0.4, 0.5) is 5.69 Å². The van der Waals surface area contributed by atoms with E-state index in [4.69, 9.17) is 0 Å². The van der Waals surface area contributed by atoms with Gasteiger partial charge in [0, 0.05) is 30.1 Å².